The third-order valence-corrected chi connectivity index (χ3v) is 5.28. The number of aliphatic hydroxyl groups is 1. The minimum Gasteiger partial charge on any atom is -0.394 e. The maximum atomic E-state index is 12.0. The second kappa shape index (κ2) is 8.74. The van der Waals surface area contributed by atoms with E-state index in [0.717, 1.165) is 5.69 Å². The second-order valence-corrected chi connectivity index (χ2v) is 6.91. The molecular weight excluding hydrogens is 363 g/mol. The average molecular weight is 377 g/mol. The van der Waals surface area contributed by atoms with Crippen molar-refractivity contribution in [2.45, 2.75) is 11.8 Å². The van der Waals surface area contributed by atoms with E-state index in [4.69, 9.17) is 23.2 Å². The zero-order valence-electron chi connectivity index (χ0n) is 11.5. The van der Waals surface area contributed by atoms with Crippen molar-refractivity contribution >= 4 is 52.2 Å². The Kier molecular flexibility index (Phi) is 6.98. The van der Waals surface area contributed by atoms with Crippen LogP contribution in [0.4, 0.5) is 0 Å². The zero-order chi connectivity index (χ0) is 15.9. The van der Waals surface area contributed by atoms with Gasteiger partial charge in [0, 0.05) is 11.1 Å². The number of carbonyl (C=O) groups is 1. The molecule has 0 aliphatic heterocycles. The third-order valence-electron chi connectivity index (χ3n) is 2.84. The summed E-state index contributed by atoms with van der Waals surface area (Å²) in [7, 11) is 0. The molecule has 1 aromatic heterocycles. The molecule has 2 rings (SSSR count). The molecule has 1 amide bonds. The van der Waals surface area contributed by atoms with E-state index in [1.165, 1.54) is 23.1 Å². The van der Waals surface area contributed by atoms with Crippen molar-refractivity contribution in [3.63, 3.8) is 0 Å². The molecule has 0 spiro atoms. The summed E-state index contributed by atoms with van der Waals surface area (Å²) >= 11 is 15.1. The van der Waals surface area contributed by atoms with Gasteiger partial charge in [-0.2, -0.15) is 0 Å². The molecule has 1 aromatic carbocycles. The minimum atomic E-state index is -0.571. The fourth-order valence-electron chi connectivity index (χ4n) is 1.80. The monoisotopic (exact) mass is 376 g/mol. The Morgan fingerprint density at radius 1 is 1.45 bits per heavy atom. The molecule has 22 heavy (non-hydrogen) atoms. The zero-order valence-corrected chi connectivity index (χ0v) is 14.6. The molecule has 0 fully saturated rings. The van der Waals surface area contributed by atoms with Gasteiger partial charge in [0.05, 0.1) is 39.7 Å². The average Bonchev–Trinajstić information content (AvgIpc) is 3.01. The van der Waals surface area contributed by atoms with Crippen molar-refractivity contribution in [1.29, 1.82) is 0 Å². The number of benzene rings is 1. The number of rotatable bonds is 7. The van der Waals surface area contributed by atoms with Crippen LogP contribution in [0.1, 0.15) is 17.3 Å². The summed E-state index contributed by atoms with van der Waals surface area (Å²) < 4.78 is 0. The number of nitrogens with one attached hydrogen (secondary N) is 1. The number of hydrogen-bond acceptors (Lipinski definition) is 5. The van der Waals surface area contributed by atoms with Gasteiger partial charge in [-0.3, -0.25) is 4.79 Å². The smallest absolute Gasteiger partial charge is 0.230 e. The number of aliphatic hydroxyl groups excluding tert-OH is 1. The summed E-state index contributed by atoms with van der Waals surface area (Å²) in [5, 5.41) is 14.9. The fraction of sp³-hybridized carbons (Fsp3) is 0.286. The van der Waals surface area contributed by atoms with Crippen LogP contribution in [0.15, 0.2) is 29.1 Å². The Morgan fingerprint density at radius 2 is 2.27 bits per heavy atom. The summed E-state index contributed by atoms with van der Waals surface area (Å²) in [6, 6.07) is 4.55. The minimum absolute atomic E-state index is 0.171. The Bertz CT molecular complexity index is 623. The molecule has 0 aliphatic rings. The van der Waals surface area contributed by atoms with Gasteiger partial charge in [-0.25, -0.2) is 4.98 Å². The lowest BCUT2D eigenvalue weighted by Gasteiger charge is -2.18. The van der Waals surface area contributed by atoms with Gasteiger partial charge in [-0.15, -0.1) is 23.1 Å². The Hall–Kier alpha value is -0.790. The molecule has 0 saturated heterocycles. The summed E-state index contributed by atoms with van der Waals surface area (Å²) in [6.07, 6.45) is 0. The van der Waals surface area contributed by atoms with Crippen LogP contribution in [0.25, 0.3) is 0 Å². The molecule has 118 valence electrons. The Labute approximate surface area is 146 Å². The molecule has 2 N–H and O–H groups in total. The van der Waals surface area contributed by atoms with E-state index in [1.807, 2.05) is 5.38 Å². The highest BCUT2D eigenvalue weighted by Crippen LogP contribution is 2.29. The highest BCUT2D eigenvalue weighted by atomic mass is 35.5. The van der Waals surface area contributed by atoms with Crippen LogP contribution in [-0.4, -0.2) is 28.4 Å². The van der Waals surface area contributed by atoms with Gasteiger partial charge in [0.15, 0.2) is 0 Å². The van der Waals surface area contributed by atoms with Gasteiger partial charge >= 0.3 is 0 Å². The third kappa shape index (κ3) is 4.86. The van der Waals surface area contributed by atoms with Crippen LogP contribution < -0.4 is 5.32 Å². The first kappa shape index (κ1) is 17.6. The van der Waals surface area contributed by atoms with E-state index in [-0.39, 0.29) is 18.3 Å². The molecule has 8 heteroatoms. The second-order valence-electron chi connectivity index (χ2n) is 4.42. The van der Waals surface area contributed by atoms with Crippen molar-refractivity contribution in [2.75, 3.05) is 12.4 Å². The van der Waals surface area contributed by atoms with Gasteiger partial charge < -0.3 is 10.4 Å². The van der Waals surface area contributed by atoms with Crippen molar-refractivity contribution < 1.29 is 9.90 Å². The maximum absolute atomic E-state index is 12.0. The van der Waals surface area contributed by atoms with Crippen molar-refractivity contribution in [3.05, 3.63) is 50.4 Å². The van der Waals surface area contributed by atoms with Crippen LogP contribution in [0.2, 0.25) is 10.0 Å². The molecule has 0 bridgehead atoms. The van der Waals surface area contributed by atoms with Crippen LogP contribution >= 0.6 is 46.3 Å². The molecule has 2 aromatic rings. The lowest BCUT2D eigenvalue weighted by molar-refractivity contribution is -0.119. The van der Waals surface area contributed by atoms with E-state index in [9.17, 15) is 9.90 Å². The summed E-state index contributed by atoms with van der Waals surface area (Å²) in [5.41, 5.74) is 3.33. The highest BCUT2D eigenvalue weighted by Gasteiger charge is 2.17. The van der Waals surface area contributed by atoms with Gasteiger partial charge in [0.1, 0.15) is 0 Å². The highest BCUT2D eigenvalue weighted by molar-refractivity contribution is 7.99. The first-order chi connectivity index (χ1) is 10.6. The molecule has 1 unspecified atom stereocenters. The van der Waals surface area contributed by atoms with Crippen LogP contribution in [-0.2, 0) is 10.5 Å². The first-order valence-corrected chi connectivity index (χ1v) is 9.26. The summed E-state index contributed by atoms with van der Waals surface area (Å²) in [5.74, 6) is 0.792. The van der Waals surface area contributed by atoms with E-state index < -0.39 is 6.04 Å². The molecule has 0 saturated carbocycles. The fourth-order valence-corrected chi connectivity index (χ4v) is 3.65. The number of amides is 1. The number of carbonyl (C=O) groups excluding carboxylic acids is 1. The lowest BCUT2D eigenvalue weighted by Crippen LogP contribution is -2.32. The molecule has 4 nitrogen and oxygen atoms in total. The van der Waals surface area contributed by atoms with E-state index in [0.29, 0.717) is 21.4 Å². The van der Waals surface area contributed by atoms with Gasteiger partial charge in [-0.05, 0) is 11.6 Å². The quantitative estimate of drug-likeness (QED) is 0.775. The summed E-state index contributed by atoms with van der Waals surface area (Å²) in [4.78, 5) is 16.1. The standard InChI is InChI=1S/C14H14Cl2N2O2S2/c15-11-3-1-2-10(14(11)16)12(4-19)18-13(20)7-21-5-9-6-22-8-17-9/h1-3,6,8,12,19H,4-5,7H2,(H,18,20). The Balaban J connectivity index is 1.89. The number of aromatic nitrogens is 1. The number of thioether (sulfide) groups is 1. The lowest BCUT2D eigenvalue weighted by atomic mass is 10.1. The maximum Gasteiger partial charge on any atom is 0.230 e. The number of nitrogens with zero attached hydrogens (tertiary/aromatic N) is 1. The van der Waals surface area contributed by atoms with Crippen LogP contribution in [0.3, 0.4) is 0 Å². The van der Waals surface area contributed by atoms with E-state index >= 15 is 0 Å². The van der Waals surface area contributed by atoms with Gasteiger partial charge in [-0.1, -0.05) is 35.3 Å². The van der Waals surface area contributed by atoms with Gasteiger partial charge in [0.2, 0.25) is 5.91 Å². The van der Waals surface area contributed by atoms with Crippen LogP contribution in [0.5, 0.6) is 0 Å². The molecule has 1 heterocycles. The normalized spacial score (nSPS) is 12.1. The molecule has 0 aliphatic carbocycles. The van der Waals surface area contributed by atoms with Crippen molar-refractivity contribution in [3.8, 4) is 0 Å². The van der Waals surface area contributed by atoms with Crippen molar-refractivity contribution in [1.82, 2.24) is 10.3 Å². The van der Waals surface area contributed by atoms with E-state index in [2.05, 4.69) is 10.3 Å². The van der Waals surface area contributed by atoms with E-state index in [1.54, 1.807) is 23.7 Å². The largest absolute Gasteiger partial charge is 0.394 e. The molecule has 0 radical (unpaired) electrons. The van der Waals surface area contributed by atoms with Crippen molar-refractivity contribution in [2.24, 2.45) is 0 Å². The number of hydrogen-bond donors (Lipinski definition) is 2. The van der Waals surface area contributed by atoms with Gasteiger partial charge in [0.25, 0.3) is 0 Å². The Morgan fingerprint density at radius 3 is 2.95 bits per heavy atom. The molecular formula is C14H14Cl2N2O2S2. The molecule has 1 atom stereocenters. The predicted octanol–water partition coefficient (Wildman–Crippen LogP) is 3.53. The first-order valence-electron chi connectivity index (χ1n) is 6.40. The topological polar surface area (TPSA) is 62.2 Å². The predicted molar refractivity (Wildman–Crippen MR) is 92.7 cm³/mol. The van der Waals surface area contributed by atoms with Crippen LogP contribution in [0, 0.1) is 0 Å². The SMILES string of the molecule is O=C(CSCc1cscn1)NC(CO)c1cccc(Cl)c1Cl. The number of thiazole rings is 1. The number of halogens is 2. The summed E-state index contributed by atoms with van der Waals surface area (Å²) in [6.45, 7) is -0.247.